The number of anilines is 1. The summed E-state index contributed by atoms with van der Waals surface area (Å²) in [6, 6.07) is 3.42. The van der Waals surface area contributed by atoms with Crippen LogP contribution >= 0.6 is 15.9 Å². The molecule has 0 N–H and O–H groups in total. The van der Waals surface area contributed by atoms with Crippen molar-refractivity contribution in [3.05, 3.63) is 81.8 Å². The van der Waals surface area contributed by atoms with Crippen molar-refractivity contribution in [3.8, 4) is 22.7 Å². The van der Waals surface area contributed by atoms with Crippen LogP contribution in [0.15, 0.2) is 47.4 Å². The van der Waals surface area contributed by atoms with E-state index in [0.717, 1.165) is 16.7 Å². The molecule has 15 heteroatoms. The summed E-state index contributed by atoms with van der Waals surface area (Å²) in [4.78, 5) is 44.1. The van der Waals surface area contributed by atoms with Gasteiger partial charge in [0.1, 0.15) is 17.3 Å². The Morgan fingerprint density at radius 1 is 1.10 bits per heavy atom. The molecule has 2 bridgehead atoms. The SMILES string of the molecule is CC(C)c1nccc2c1-n1c(=O)nc(N3C[C@@H](C)N(C(=O)/C=C/CBr)C[C@@H]3C)c3cc(F)c(nc31)-c1c(ccc(F)c1F)OCC(F)(F)CC2. The molecular formula is C35H34BrF5N6O3. The standard InChI is InChI=1S/C35H34BrF5N6O3/c1-18(2)29-31-21(10-13-42-29)9-11-35(40,41)17-50-25-8-7-23(37)28(39)27(25)30-24(38)14-22-32(44-34(49)47(31)33(22)43-30)46-16-19(3)45(15-20(46)4)26(48)6-5-12-36/h5-8,10,13-14,18-20H,9,11-12,15-17H2,1-4H3/b6-5+/t19-,20+/m1/s1. The molecule has 1 saturated heterocycles. The van der Waals surface area contributed by atoms with E-state index >= 15 is 17.6 Å². The molecular weight excluding hydrogens is 727 g/mol. The lowest BCUT2D eigenvalue weighted by molar-refractivity contribution is -0.128. The second-order valence-corrected chi connectivity index (χ2v) is 13.5. The summed E-state index contributed by atoms with van der Waals surface area (Å²) in [5, 5.41) is 0.551. The van der Waals surface area contributed by atoms with Crippen LogP contribution in [0.4, 0.5) is 27.8 Å². The zero-order valence-electron chi connectivity index (χ0n) is 27.7. The second-order valence-electron chi connectivity index (χ2n) is 12.9. The quantitative estimate of drug-likeness (QED) is 0.130. The molecule has 1 fully saturated rings. The zero-order chi connectivity index (χ0) is 36.1. The van der Waals surface area contributed by atoms with Crippen LogP contribution in [0.2, 0.25) is 0 Å². The van der Waals surface area contributed by atoms with Gasteiger partial charge in [-0.1, -0.05) is 35.9 Å². The average molecular weight is 762 g/mol. The topological polar surface area (TPSA) is 93.5 Å². The summed E-state index contributed by atoms with van der Waals surface area (Å²) in [5.74, 6) is -8.53. The Labute approximate surface area is 292 Å². The highest BCUT2D eigenvalue weighted by Gasteiger charge is 2.36. The van der Waals surface area contributed by atoms with Gasteiger partial charge in [-0.2, -0.15) is 4.98 Å². The van der Waals surface area contributed by atoms with Gasteiger partial charge in [0.25, 0.3) is 5.92 Å². The number of rotatable bonds is 4. The van der Waals surface area contributed by atoms with Gasteiger partial charge in [0, 0.05) is 43.1 Å². The van der Waals surface area contributed by atoms with Gasteiger partial charge in [-0.3, -0.25) is 9.78 Å². The van der Waals surface area contributed by atoms with Crippen LogP contribution in [0, 0.1) is 17.5 Å². The van der Waals surface area contributed by atoms with Gasteiger partial charge >= 0.3 is 5.69 Å². The van der Waals surface area contributed by atoms with E-state index in [1.54, 1.807) is 15.9 Å². The Morgan fingerprint density at radius 3 is 2.58 bits per heavy atom. The summed E-state index contributed by atoms with van der Waals surface area (Å²) in [7, 11) is 0. The first kappa shape index (κ1) is 35.4. The number of piperazine rings is 1. The number of benzene rings is 1. The van der Waals surface area contributed by atoms with Gasteiger partial charge in [-0.15, -0.1) is 0 Å². The number of halogens is 6. The molecule has 0 spiro atoms. The molecule has 3 aromatic heterocycles. The molecule has 0 aliphatic carbocycles. The Bertz CT molecular complexity index is 2070. The van der Waals surface area contributed by atoms with E-state index in [1.165, 1.54) is 18.3 Å². The molecule has 0 radical (unpaired) electrons. The number of nitrogens with zero attached hydrogens (tertiary/aromatic N) is 6. The third-order valence-electron chi connectivity index (χ3n) is 8.99. The fraction of sp³-hybridized carbons (Fsp3) is 0.400. The highest BCUT2D eigenvalue weighted by atomic mass is 79.9. The molecule has 0 unspecified atom stereocenters. The second kappa shape index (κ2) is 13.7. The molecule has 4 aromatic rings. The fourth-order valence-electron chi connectivity index (χ4n) is 6.51. The van der Waals surface area contributed by atoms with Gasteiger partial charge in [-0.05, 0) is 62.1 Å². The minimum absolute atomic E-state index is 0.0489. The van der Waals surface area contributed by atoms with Crippen molar-refractivity contribution in [2.75, 3.05) is 29.9 Å². The Hall–Kier alpha value is -4.40. The molecule has 50 heavy (non-hydrogen) atoms. The van der Waals surface area contributed by atoms with E-state index in [2.05, 4.69) is 30.9 Å². The molecule has 1 amide bonds. The molecule has 5 heterocycles. The van der Waals surface area contributed by atoms with Crippen LogP contribution in [0.1, 0.15) is 51.3 Å². The molecule has 2 atom stereocenters. The Morgan fingerprint density at radius 2 is 1.86 bits per heavy atom. The van der Waals surface area contributed by atoms with Crippen molar-refractivity contribution in [2.24, 2.45) is 0 Å². The van der Waals surface area contributed by atoms with E-state index in [-0.39, 0.29) is 59.9 Å². The van der Waals surface area contributed by atoms with E-state index in [9.17, 15) is 14.0 Å². The number of hydrogen-bond donors (Lipinski definition) is 0. The Balaban J connectivity index is 1.67. The van der Waals surface area contributed by atoms with E-state index in [4.69, 9.17) is 4.74 Å². The van der Waals surface area contributed by atoms with Gasteiger partial charge in [-0.25, -0.2) is 36.3 Å². The maximum Gasteiger partial charge on any atom is 0.355 e. The molecule has 9 nitrogen and oxygen atoms in total. The van der Waals surface area contributed by atoms with Crippen molar-refractivity contribution < 1.29 is 31.5 Å². The first-order valence-electron chi connectivity index (χ1n) is 16.1. The minimum Gasteiger partial charge on any atom is -0.486 e. The number of pyridine rings is 2. The van der Waals surface area contributed by atoms with Crippen molar-refractivity contribution in [1.82, 2.24) is 24.4 Å². The highest BCUT2D eigenvalue weighted by molar-refractivity contribution is 9.09. The van der Waals surface area contributed by atoms with Crippen LogP contribution in [0.5, 0.6) is 5.75 Å². The average Bonchev–Trinajstić information content (AvgIpc) is 3.07. The number of ether oxygens (including phenoxy) is 1. The maximum absolute atomic E-state index is 16.3. The number of amides is 1. The highest BCUT2D eigenvalue weighted by Crippen LogP contribution is 2.40. The van der Waals surface area contributed by atoms with Crippen LogP contribution in [-0.2, 0) is 11.2 Å². The van der Waals surface area contributed by atoms with Gasteiger partial charge in [0.05, 0.1) is 22.3 Å². The molecule has 2 aliphatic heterocycles. The molecule has 6 rings (SSSR count). The zero-order valence-corrected chi connectivity index (χ0v) is 29.3. The number of fused-ring (bicyclic) bond motifs is 5. The summed E-state index contributed by atoms with van der Waals surface area (Å²) in [6.07, 6.45) is 3.66. The van der Waals surface area contributed by atoms with Crippen LogP contribution in [0.3, 0.4) is 0 Å². The van der Waals surface area contributed by atoms with E-state index < -0.39 is 65.1 Å². The van der Waals surface area contributed by atoms with Gasteiger partial charge in [0.2, 0.25) is 5.91 Å². The lowest BCUT2D eigenvalue weighted by Crippen LogP contribution is -2.58. The number of aromatic nitrogens is 4. The summed E-state index contributed by atoms with van der Waals surface area (Å²) in [5.41, 5.74) is -1.76. The van der Waals surface area contributed by atoms with E-state index in [1.807, 2.05) is 27.7 Å². The van der Waals surface area contributed by atoms with Gasteiger partial charge in [0.15, 0.2) is 29.7 Å². The first-order chi connectivity index (χ1) is 23.7. The van der Waals surface area contributed by atoms with Gasteiger partial charge < -0.3 is 14.5 Å². The molecule has 264 valence electrons. The van der Waals surface area contributed by atoms with Crippen molar-refractivity contribution in [1.29, 1.82) is 0 Å². The van der Waals surface area contributed by atoms with Crippen molar-refractivity contribution >= 4 is 38.7 Å². The smallest absolute Gasteiger partial charge is 0.355 e. The van der Waals surface area contributed by atoms with Crippen LogP contribution < -0.4 is 15.3 Å². The number of hydrogen-bond acceptors (Lipinski definition) is 7. The summed E-state index contributed by atoms with van der Waals surface area (Å²) in [6.45, 7) is 6.54. The number of alkyl halides is 3. The predicted octanol–water partition coefficient (Wildman–Crippen LogP) is 6.72. The summed E-state index contributed by atoms with van der Waals surface area (Å²) >= 11 is 3.27. The molecule has 0 saturated carbocycles. The lowest BCUT2D eigenvalue weighted by Gasteiger charge is -2.44. The fourth-order valence-corrected chi connectivity index (χ4v) is 6.70. The van der Waals surface area contributed by atoms with Crippen molar-refractivity contribution in [2.45, 2.75) is 64.5 Å². The maximum atomic E-state index is 16.3. The number of carbonyl (C=O) groups excluding carboxylic acids is 1. The molecule has 1 aromatic carbocycles. The first-order valence-corrected chi connectivity index (χ1v) is 17.2. The monoisotopic (exact) mass is 760 g/mol. The number of allylic oxidation sites excluding steroid dienone is 1. The molecule has 2 aliphatic rings. The largest absolute Gasteiger partial charge is 0.486 e. The van der Waals surface area contributed by atoms with Crippen LogP contribution in [0.25, 0.3) is 28.0 Å². The number of carbonyl (C=O) groups is 1. The van der Waals surface area contributed by atoms with E-state index in [0.29, 0.717) is 22.7 Å². The van der Waals surface area contributed by atoms with Crippen molar-refractivity contribution in [3.63, 3.8) is 0 Å². The summed E-state index contributed by atoms with van der Waals surface area (Å²) < 4.78 is 83.6. The lowest BCUT2D eigenvalue weighted by atomic mass is 9.99. The van der Waals surface area contributed by atoms with Crippen LogP contribution in [-0.4, -0.2) is 73.4 Å². The predicted molar refractivity (Wildman–Crippen MR) is 182 cm³/mol. The third kappa shape index (κ3) is 6.47. The number of aryl methyl sites for hydroxylation is 1. The third-order valence-corrected chi connectivity index (χ3v) is 9.36. The normalized spacial score (nSPS) is 19.2. The Kier molecular flexibility index (Phi) is 9.72. The minimum atomic E-state index is -3.46.